The highest BCUT2D eigenvalue weighted by atomic mass is 16.5. The summed E-state index contributed by atoms with van der Waals surface area (Å²) in [6, 6.07) is 0.845. The van der Waals surface area contributed by atoms with E-state index in [4.69, 9.17) is 14.9 Å². The molecule has 2 atom stereocenters. The van der Waals surface area contributed by atoms with Crippen molar-refractivity contribution in [2.45, 2.75) is 38.3 Å². The molecule has 1 aromatic heterocycles. The summed E-state index contributed by atoms with van der Waals surface area (Å²) < 4.78 is 10.9. The maximum Gasteiger partial charge on any atom is 0.315 e. The van der Waals surface area contributed by atoms with Gasteiger partial charge in [-0.25, -0.2) is 0 Å². The number of hydrogen-bond donors (Lipinski definition) is 2. The lowest BCUT2D eigenvalue weighted by Gasteiger charge is -2.27. The van der Waals surface area contributed by atoms with Gasteiger partial charge >= 0.3 is 6.01 Å². The van der Waals surface area contributed by atoms with Crippen LogP contribution in [-0.4, -0.2) is 35.5 Å². The Morgan fingerprint density at radius 1 is 1.50 bits per heavy atom. The Morgan fingerprint density at radius 2 is 2.38 bits per heavy atom. The average Bonchev–Trinajstić information content (AvgIpc) is 2.66. The van der Waals surface area contributed by atoms with E-state index < -0.39 is 0 Å². The van der Waals surface area contributed by atoms with Gasteiger partial charge in [-0.05, 0) is 19.8 Å². The normalized spacial score (nSPS) is 25.6. The van der Waals surface area contributed by atoms with E-state index in [9.17, 15) is 0 Å². The Labute approximate surface area is 94.6 Å². The van der Waals surface area contributed by atoms with Gasteiger partial charge in [0.2, 0.25) is 5.89 Å². The largest absolute Gasteiger partial charge is 0.408 e. The molecule has 1 aliphatic rings. The van der Waals surface area contributed by atoms with E-state index in [1.165, 1.54) is 0 Å². The number of hydrogen-bond acceptors (Lipinski definition) is 6. The number of anilines is 1. The van der Waals surface area contributed by atoms with Gasteiger partial charge in [0.05, 0.1) is 6.10 Å². The molecule has 2 rings (SSSR count). The standard InChI is InChI=1S/C10H18N4O2/c1-7-6-8(3-5-15-7)12-10-14-13-9(16-10)2-4-11/h7-8H,2-6,11H2,1H3,(H,12,14). The van der Waals surface area contributed by atoms with Gasteiger partial charge in [0, 0.05) is 25.6 Å². The lowest BCUT2D eigenvalue weighted by Crippen LogP contribution is -2.32. The van der Waals surface area contributed by atoms with Crippen LogP contribution >= 0.6 is 0 Å². The van der Waals surface area contributed by atoms with Crippen molar-refractivity contribution in [1.82, 2.24) is 10.2 Å². The van der Waals surface area contributed by atoms with Crippen LogP contribution in [0.1, 0.15) is 25.7 Å². The molecule has 1 saturated heterocycles. The highest BCUT2D eigenvalue weighted by Gasteiger charge is 2.20. The maximum atomic E-state index is 5.47. The summed E-state index contributed by atoms with van der Waals surface area (Å²) in [4.78, 5) is 0. The van der Waals surface area contributed by atoms with Crippen LogP contribution in [0.3, 0.4) is 0 Å². The first-order chi connectivity index (χ1) is 7.78. The molecular weight excluding hydrogens is 208 g/mol. The van der Waals surface area contributed by atoms with Gasteiger partial charge in [-0.2, -0.15) is 0 Å². The first-order valence-corrected chi connectivity index (χ1v) is 5.68. The van der Waals surface area contributed by atoms with Gasteiger partial charge < -0.3 is 20.2 Å². The molecule has 2 unspecified atom stereocenters. The van der Waals surface area contributed by atoms with E-state index in [0.29, 0.717) is 30.9 Å². The number of aromatic nitrogens is 2. The number of rotatable bonds is 4. The minimum Gasteiger partial charge on any atom is -0.408 e. The van der Waals surface area contributed by atoms with Crippen LogP contribution in [-0.2, 0) is 11.2 Å². The summed E-state index contributed by atoms with van der Waals surface area (Å²) in [5, 5.41) is 11.1. The van der Waals surface area contributed by atoms with Crippen LogP contribution in [0.2, 0.25) is 0 Å². The molecule has 0 aromatic carbocycles. The maximum absolute atomic E-state index is 5.47. The number of nitrogens with two attached hydrogens (primary N) is 1. The van der Waals surface area contributed by atoms with E-state index in [-0.39, 0.29) is 6.10 Å². The highest BCUT2D eigenvalue weighted by Crippen LogP contribution is 2.17. The zero-order valence-electron chi connectivity index (χ0n) is 9.48. The number of nitrogens with one attached hydrogen (secondary N) is 1. The Kier molecular flexibility index (Phi) is 3.74. The van der Waals surface area contributed by atoms with Gasteiger partial charge in [-0.15, -0.1) is 5.10 Å². The monoisotopic (exact) mass is 226 g/mol. The predicted octanol–water partition coefficient (Wildman–Crippen LogP) is 0.550. The van der Waals surface area contributed by atoms with Gasteiger partial charge in [0.25, 0.3) is 0 Å². The van der Waals surface area contributed by atoms with Gasteiger partial charge in [0.15, 0.2) is 0 Å². The number of nitrogens with zero attached hydrogens (tertiary/aromatic N) is 2. The number of ether oxygens (including phenoxy) is 1. The Balaban J connectivity index is 1.87. The van der Waals surface area contributed by atoms with Crippen LogP contribution in [0, 0.1) is 0 Å². The SMILES string of the molecule is CC1CC(Nc2nnc(CCN)o2)CCO1. The summed E-state index contributed by atoms with van der Waals surface area (Å²) in [5.74, 6) is 0.588. The molecule has 90 valence electrons. The van der Waals surface area contributed by atoms with Crippen molar-refractivity contribution in [1.29, 1.82) is 0 Å². The summed E-state index contributed by atoms with van der Waals surface area (Å²) in [6.45, 7) is 3.38. The van der Waals surface area contributed by atoms with Crippen LogP contribution in [0.5, 0.6) is 0 Å². The van der Waals surface area contributed by atoms with Crippen molar-refractivity contribution in [3.05, 3.63) is 5.89 Å². The molecule has 0 aliphatic carbocycles. The summed E-state index contributed by atoms with van der Waals surface area (Å²) in [6.07, 6.45) is 2.85. The summed E-state index contributed by atoms with van der Waals surface area (Å²) in [5.41, 5.74) is 5.41. The molecule has 1 fully saturated rings. The van der Waals surface area contributed by atoms with E-state index in [2.05, 4.69) is 22.4 Å². The fraction of sp³-hybridized carbons (Fsp3) is 0.800. The van der Waals surface area contributed by atoms with Crippen LogP contribution in [0.15, 0.2) is 4.42 Å². The Morgan fingerprint density at radius 3 is 3.12 bits per heavy atom. The van der Waals surface area contributed by atoms with Gasteiger partial charge in [-0.3, -0.25) is 0 Å². The highest BCUT2D eigenvalue weighted by molar-refractivity contribution is 5.19. The molecule has 16 heavy (non-hydrogen) atoms. The van der Waals surface area contributed by atoms with E-state index >= 15 is 0 Å². The van der Waals surface area contributed by atoms with Gasteiger partial charge in [0.1, 0.15) is 0 Å². The lowest BCUT2D eigenvalue weighted by atomic mass is 10.1. The molecule has 0 spiro atoms. The molecular formula is C10H18N4O2. The second-order valence-electron chi connectivity index (χ2n) is 4.09. The molecule has 3 N–H and O–H groups in total. The molecule has 0 radical (unpaired) electrons. The first-order valence-electron chi connectivity index (χ1n) is 5.68. The van der Waals surface area contributed by atoms with Crippen molar-refractivity contribution < 1.29 is 9.15 Å². The third-order valence-corrected chi connectivity index (χ3v) is 2.64. The minimum absolute atomic E-state index is 0.290. The van der Waals surface area contributed by atoms with Crippen molar-refractivity contribution >= 4 is 6.01 Å². The second kappa shape index (κ2) is 5.27. The molecule has 0 bridgehead atoms. The van der Waals surface area contributed by atoms with Crippen molar-refractivity contribution in [3.8, 4) is 0 Å². The Bertz CT molecular complexity index is 328. The smallest absolute Gasteiger partial charge is 0.315 e. The van der Waals surface area contributed by atoms with E-state index in [1.807, 2.05) is 0 Å². The van der Waals surface area contributed by atoms with Crippen LogP contribution < -0.4 is 11.1 Å². The molecule has 6 nitrogen and oxygen atoms in total. The molecule has 1 aromatic rings. The zero-order chi connectivity index (χ0) is 11.4. The molecule has 0 amide bonds. The fourth-order valence-corrected chi connectivity index (χ4v) is 1.84. The predicted molar refractivity (Wildman–Crippen MR) is 59.1 cm³/mol. The summed E-state index contributed by atoms with van der Waals surface area (Å²) in [7, 11) is 0. The van der Waals surface area contributed by atoms with Crippen LogP contribution in [0.25, 0.3) is 0 Å². The second-order valence-corrected chi connectivity index (χ2v) is 4.09. The minimum atomic E-state index is 0.290. The third-order valence-electron chi connectivity index (χ3n) is 2.64. The molecule has 2 heterocycles. The van der Waals surface area contributed by atoms with Crippen molar-refractivity contribution in [3.63, 3.8) is 0 Å². The van der Waals surface area contributed by atoms with Gasteiger partial charge in [-0.1, -0.05) is 5.10 Å². The molecule has 6 heteroatoms. The average molecular weight is 226 g/mol. The quantitative estimate of drug-likeness (QED) is 0.779. The topological polar surface area (TPSA) is 86.2 Å². The van der Waals surface area contributed by atoms with E-state index in [0.717, 1.165) is 19.4 Å². The Hall–Kier alpha value is -1.14. The van der Waals surface area contributed by atoms with Crippen molar-refractivity contribution in [2.24, 2.45) is 5.73 Å². The van der Waals surface area contributed by atoms with E-state index in [1.54, 1.807) is 0 Å². The zero-order valence-corrected chi connectivity index (χ0v) is 9.48. The van der Waals surface area contributed by atoms with Crippen LogP contribution in [0.4, 0.5) is 6.01 Å². The van der Waals surface area contributed by atoms with Crippen molar-refractivity contribution in [2.75, 3.05) is 18.5 Å². The lowest BCUT2D eigenvalue weighted by molar-refractivity contribution is 0.0229. The molecule has 1 aliphatic heterocycles. The fourth-order valence-electron chi connectivity index (χ4n) is 1.84. The first kappa shape index (κ1) is 11.3. The third kappa shape index (κ3) is 2.93. The summed E-state index contributed by atoms with van der Waals surface area (Å²) >= 11 is 0. The molecule has 0 saturated carbocycles.